The first kappa shape index (κ1) is 13.0. The predicted molar refractivity (Wildman–Crippen MR) is 66.5 cm³/mol. The molecule has 0 amide bonds. The maximum Gasteiger partial charge on any atom is 0.231 e. The Balaban J connectivity index is 2.41. The molecule has 1 aliphatic heterocycles. The molecule has 0 radical (unpaired) electrons. The van der Waals surface area contributed by atoms with Gasteiger partial charge in [0.2, 0.25) is 6.79 Å². The van der Waals surface area contributed by atoms with Crippen LogP contribution in [0.3, 0.4) is 0 Å². The van der Waals surface area contributed by atoms with Gasteiger partial charge in [-0.05, 0) is 31.0 Å². The summed E-state index contributed by atoms with van der Waals surface area (Å²) in [5.41, 5.74) is -0.285. The van der Waals surface area contributed by atoms with Gasteiger partial charge >= 0.3 is 0 Å². The molecule has 2 rings (SSSR count). The third-order valence-corrected chi connectivity index (χ3v) is 3.64. The maximum atomic E-state index is 10.3. The number of nitriles is 1. The van der Waals surface area contributed by atoms with Crippen molar-refractivity contribution in [3.63, 3.8) is 0 Å². The molecule has 1 aromatic carbocycles. The summed E-state index contributed by atoms with van der Waals surface area (Å²) in [4.78, 5) is 0. The van der Waals surface area contributed by atoms with Crippen molar-refractivity contribution in [2.75, 3.05) is 6.79 Å². The lowest BCUT2D eigenvalue weighted by Crippen LogP contribution is -2.22. The fourth-order valence-corrected chi connectivity index (χ4v) is 2.12. The first-order valence-corrected chi connectivity index (χ1v) is 6.08. The lowest BCUT2D eigenvalue weighted by atomic mass is 9.80. The number of rotatable bonds is 3. The van der Waals surface area contributed by atoms with E-state index in [-0.39, 0.29) is 6.79 Å². The summed E-state index contributed by atoms with van der Waals surface area (Å²) in [5.74, 6) is 0.996. The van der Waals surface area contributed by atoms with Crippen LogP contribution in [0.5, 0.6) is 11.5 Å². The second kappa shape index (κ2) is 4.68. The van der Waals surface area contributed by atoms with E-state index in [9.17, 15) is 10.4 Å². The van der Waals surface area contributed by atoms with Crippen LogP contribution in [0, 0.1) is 16.7 Å². The number of hydrogen-bond acceptors (Lipinski definition) is 4. The molecular weight excluding hydrogens is 254 g/mol. The Morgan fingerprint density at radius 1 is 1.56 bits per heavy atom. The number of hydrogen-bond donors (Lipinski definition) is 1. The molecule has 0 spiro atoms. The SMILES string of the molecule is CCC(C)(C#N)C(O)c1cc(Cl)c2c(c1)OCO2. The Morgan fingerprint density at radius 2 is 2.28 bits per heavy atom. The number of fused-ring (bicyclic) bond motifs is 1. The van der Waals surface area contributed by atoms with Gasteiger partial charge in [-0.2, -0.15) is 5.26 Å². The van der Waals surface area contributed by atoms with E-state index >= 15 is 0 Å². The molecule has 96 valence electrons. The van der Waals surface area contributed by atoms with E-state index in [1.54, 1.807) is 19.1 Å². The van der Waals surface area contributed by atoms with Crippen molar-refractivity contribution in [2.45, 2.75) is 26.4 Å². The van der Waals surface area contributed by atoms with Gasteiger partial charge in [0.1, 0.15) is 0 Å². The van der Waals surface area contributed by atoms with Gasteiger partial charge in [-0.25, -0.2) is 0 Å². The van der Waals surface area contributed by atoms with Gasteiger partial charge < -0.3 is 14.6 Å². The van der Waals surface area contributed by atoms with Crippen LogP contribution in [0.2, 0.25) is 5.02 Å². The molecule has 18 heavy (non-hydrogen) atoms. The summed E-state index contributed by atoms with van der Waals surface area (Å²) in [6.45, 7) is 3.70. The van der Waals surface area contributed by atoms with Crippen molar-refractivity contribution in [1.82, 2.24) is 0 Å². The maximum absolute atomic E-state index is 10.3. The van der Waals surface area contributed by atoms with Crippen molar-refractivity contribution in [2.24, 2.45) is 5.41 Å². The van der Waals surface area contributed by atoms with Gasteiger partial charge in [0.05, 0.1) is 22.6 Å². The molecule has 0 bridgehead atoms. The highest BCUT2D eigenvalue weighted by Gasteiger charge is 2.34. The minimum atomic E-state index is -0.917. The first-order chi connectivity index (χ1) is 8.51. The zero-order valence-electron chi connectivity index (χ0n) is 10.2. The van der Waals surface area contributed by atoms with Gasteiger partial charge in [-0.3, -0.25) is 0 Å². The largest absolute Gasteiger partial charge is 0.454 e. The molecule has 2 unspecified atom stereocenters. The highest BCUT2D eigenvalue weighted by molar-refractivity contribution is 6.32. The Hall–Kier alpha value is -1.44. The second-order valence-electron chi connectivity index (χ2n) is 4.52. The van der Waals surface area contributed by atoms with Crippen LogP contribution in [-0.4, -0.2) is 11.9 Å². The van der Waals surface area contributed by atoms with Gasteiger partial charge in [0.25, 0.3) is 0 Å². The number of nitrogens with zero attached hydrogens (tertiary/aromatic N) is 1. The molecule has 0 saturated heterocycles. The van der Waals surface area contributed by atoms with E-state index in [0.717, 1.165) is 0 Å². The molecule has 2 atom stereocenters. The van der Waals surface area contributed by atoms with Crippen LogP contribution >= 0.6 is 11.6 Å². The Morgan fingerprint density at radius 3 is 2.89 bits per heavy atom. The standard InChI is InChI=1S/C13H14ClNO3/c1-3-13(2,6-15)12(16)8-4-9(14)11-10(5-8)17-7-18-11/h4-5,12,16H,3,7H2,1-2H3. The number of ether oxygens (including phenoxy) is 2. The third kappa shape index (κ3) is 2.00. The van der Waals surface area contributed by atoms with Crippen LogP contribution < -0.4 is 9.47 Å². The molecule has 0 saturated carbocycles. The minimum absolute atomic E-state index is 0.123. The first-order valence-electron chi connectivity index (χ1n) is 5.70. The molecule has 1 aliphatic rings. The molecule has 0 fully saturated rings. The zero-order valence-corrected chi connectivity index (χ0v) is 11.0. The lowest BCUT2D eigenvalue weighted by Gasteiger charge is -2.26. The smallest absolute Gasteiger partial charge is 0.231 e. The van der Waals surface area contributed by atoms with Crippen LogP contribution in [0.4, 0.5) is 0 Å². The summed E-state index contributed by atoms with van der Waals surface area (Å²) in [6, 6.07) is 5.44. The van der Waals surface area contributed by atoms with E-state index in [1.165, 1.54) is 0 Å². The zero-order chi connectivity index (χ0) is 13.3. The van der Waals surface area contributed by atoms with Crippen molar-refractivity contribution >= 4 is 11.6 Å². The van der Waals surface area contributed by atoms with E-state index in [1.807, 2.05) is 6.92 Å². The number of aliphatic hydroxyl groups excluding tert-OH is 1. The highest BCUT2D eigenvalue weighted by Crippen LogP contribution is 2.44. The second-order valence-corrected chi connectivity index (χ2v) is 4.93. The fourth-order valence-electron chi connectivity index (χ4n) is 1.85. The Kier molecular flexibility index (Phi) is 3.38. The van der Waals surface area contributed by atoms with Gasteiger partial charge in [-0.15, -0.1) is 0 Å². The monoisotopic (exact) mass is 267 g/mol. The quantitative estimate of drug-likeness (QED) is 0.914. The third-order valence-electron chi connectivity index (χ3n) is 3.36. The fraction of sp³-hybridized carbons (Fsp3) is 0.462. The van der Waals surface area contributed by atoms with Crippen molar-refractivity contribution in [3.8, 4) is 17.6 Å². The average molecular weight is 268 g/mol. The van der Waals surface area contributed by atoms with E-state index < -0.39 is 11.5 Å². The van der Waals surface area contributed by atoms with E-state index in [4.69, 9.17) is 21.1 Å². The molecule has 5 heteroatoms. The van der Waals surface area contributed by atoms with Gasteiger partial charge in [-0.1, -0.05) is 18.5 Å². The Bertz CT molecular complexity index is 512. The normalized spacial score (nSPS) is 17.9. The van der Waals surface area contributed by atoms with Gasteiger partial charge in [0.15, 0.2) is 11.5 Å². The Labute approximate surface area is 111 Å². The molecular formula is C13H14ClNO3. The highest BCUT2D eigenvalue weighted by atomic mass is 35.5. The molecule has 4 nitrogen and oxygen atoms in total. The molecule has 1 aromatic rings. The van der Waals surface area contributed by atoms with Crippen LogP contribution in [0.25, 0.3) is 0 Å². The number of aliphatic hydroxyl groups is 1. The van der Waals surface area contributed by atoms with E-state index in [0.29, 0.717) is 28.5 Å². The van der Waals surface area contributed by atoms with Crippen molar-refractivity contribution < 1.29 is 14.6 Å². The average Bonchev–Trinajstić information content (AvgIpc) is 2.85. The summed E-state index contributed by atoms with van der Waals surface area (Å²) in [6.07, 6.45) is -0.379. The molecule has 0 aromatic heterocycles. The summed E-state index contributed by atoms with van der Waals surface area (Å²) >= 11 is 6.06. The van der Waals surface area contributed by atoms with E-state index in [2.05, 4.69) is 6.07 Å². The van der Waals surface area contributed by atoms with Crippen molar-refractivity contribution in [3.05, 3.63) is 22.7 Å². The van der Waals surface area contributed by atoms with Gasteiger partial charge in [0, 0.05) is 0 Å². The number of benzene rings is 1. The molecule has 0 aliphatic carbocycles. The topological polar surface area (TPSA) is 62.5 Å². The number of halogens is 1. The molecule has 1 N–H and O–H groups in total. The van der Waals surface area contributed by atoms with Crippen LogP contribution in [-0.2, 0) is 0 Å². The summed E-state index contributed by atoms with van der Waals surface area (Å²) < 4.78 is 10.5. The summed E-state index contributed by atoms with van der Waals surface area (Å²) in [7, 11) is 0. The predicted octanol–water partition coefficient (Wildman–Crippen LogP) is 3.04. The molecule has 1 heterocycles. The summed E-state index contributed by atoms with van der Waals surface area (Å²) in [5, 5.41) is 19.9. The van der Waals surface area contributed by atoms with Crippen molar-refractivity contribution in [1.29, 1.82) is 5.26 Å². The van der Waals surface area contributed by atoms with Crippen LogP contribution in [0.15, 0.2) is 12.1 Å². The van der Waals surface area contributed by atoms with Crippen LogP contribution in [0.1, 0.15) is 31.9 Å². The lowest BCUT2D eigenvalue weighted by molar-refractivity contribution is 0.0720. The minimum Gasteiger partial charge on any atom is -0.454 e.